The number of rotatable bonds is 4. The molecule has 1 heterocycles. The Kier molecular flexibility index (Phi) is 4.39. The van der Waals surface area contributed by atoms with Gasteiger partial charge in [-0.15, -0.1) is 0 Å². The SMILES string of the molecule is CCc1c(Cl)[nH]c(=O)n(CCc2ccc(F)cc2)c1=O. The topological polar surface area (TPSA) is 54.9 Å². The Labute approximate surface area is 119 Å². The van der Waals surface area contributed by atoms with Crippen LogP contribution in [0.2, 0.25) is 5.15 Å². The predicted molar refractivity (Wildman–Crippen MR) is 75.8 cm³/mol. The summed E-state index contributed by atoms with van der Waals surface area (Å²) >= 11 is 5.83. The maximum absolute atomic E-state index is 12.8. The molecular formula is C14H14ClFN2O2. The van der Waals surface area contributed by atoms with Gasteiger partial charge in [0.1, 0.15) is 11.0 Å². The largest absolute Gasteiger partial charge is 0.329 e. The molecular weight excluding hydrogens is 283 g/mol. The fourth-order valence-electron chi connectivity index (χ4n) is 1.99. The van der Waals surface area contributed by atoms with Crippen molar-refractivity contribution in [3.05, 3.63) is 67.2 Å². The predicted octanol–water partition coefficient (Wildman–Crippen LogP) is 2.13. The lowest BCUT2D eigenvalue weighted by Crippen LogP contribution is -2.37. The minimum Gasteiger partial charge on any atom is -0.297 e. The van der Waals surface area contributed by atoms with Crippen LogP contribution in [0.25, 0.3) is 0 Å². The first-order valence-electron chi connectivity index (χ1n) is 6.29. The molecule has 0 unspecified atom stereocenters. The first-order valence-corrected chi connectivity index (χ1v) is 6.66. The summed E-state index contributed by atoms with van der Waals surface area (Å²) < 4.78 is 13.9. The van der Waals surface area contributed by atoms with Crippen LogP contribution in [0.4, 0.5) is 4.39 Å². The van der Waals surface area contributed by atoms with Gasteiger partial charge in [0.05, 0.1) is 5.56 Å². The molecule has 2 rings (SSSR count). The minimum absolute atomic E-state index is 0.0977. The van der Waals surface area contributed by atoms with E-state index in [4.69, 9.17) is 11.6 Å². The smallest absolute Gasteiger partial charge is 0.297 e. The van der Waals surface area contributed by atoms with E-state index in [1.54, 1.807) is 19.1 Å². The molecule has 0 radical (unpaired) electrons. The van der Waals surface area contributed by atoms with Crippen LogP contribution in [0.5, 0.6) is 0 Å². The zero-order valence-electron chi connectivity index (χ0n) is 11.0. The van der Waals surface area contributed by atoms with Gasteiger partial charge in [-0.2, -0.15) is 0 Å². The van der Waals surface area contributed by atoms with Gasteiger partial charge in [0.25, 0.3) is 5.56 Å². The Bertz CT molecular complexity index is 719. The number of nitrogens with zero attached hydrogens (tertiary/aromatic N) is 1. The van der Waals surface area contributed by atoms with Crippen LogP contribution in [0.15, 0.2) is 33.9 Å². The monoisotopic (exact) mass is 296 g/mol. The van der Waals surface area contributed by atoms with Gasteiger partial charge in [-0.1, -0.05) is 30.7 Å². The molecule has 0 fully saturated rings. The van der Waals surface area contributed by atoms with Gasteiger partial charge >= 0.3 is 5.69 Å². The maximum atomic E-state index is 12.8. The van der Waals surface area contributed by atoms with E-state index < -0.39 is 5.69 Å². The third-order valence-electron chi connectivity index (χ3n) is 3.12. The second-order valence-corrected chi connectivity index (χ2v) is 4.79. The lowest BCUT2D eigenvalue weighted by atomic mass is 10.1. The highest BCUT2D eigenvalue weighted by Crippen LogP contribution is 2.07. The van der Waals surface area contributed by atoms with E-state index in [9.17, 15) is 14.0 Å². The van der Waals surface area contributed by atoms with Crippen LogP contribution in [-0.2, 0) is 19.4 Å². The molecule has 1 N–H and O–H groups in total. The van der Waals surface area contributed by atoms with Crippen molar-refractivity contribution in [2.45, 2.75) is 26.3 Å². The average molecular weight is 297 g/mol. The van der Waals surface area contributed by atoms with Crippen LogP contribution in [0.3, 0.4) is 0 Å². The summed E-state index contributed by atoms with van der Waals surface area (Å²) in [6.45, 7) is 2.02. The Morgan fingerprint density at radius 3 is 2.50 bits per heavy atom. The highest BCUT2D eigenvalue weighted by atomic mass is 35.5. The molecule has 6 heteroatoms. The van der Waals surface area contributed by atoms with E-state index in [0.717, 1.165) is 10.1 Å². The van der Waals surface area contributed by atoms with Gasteiger partial charge in [-0.3, -0.25) is 14.3 Å². The molecule has 0 aliphatic rings. The molecule has 0 aliphatic heterocycles. The van der Waals surface area contributed by atoms with Gasteiger partial charge in [-0.05, 0) is 30.5 Å². The fraction of sp³-hybridized carbons (Fsp3) is 0.286. The van der Waals surface area contributed by atoms with Crippen molar-refractivity contribution in [1.82, 2.24) is 9.55 Å². The molecule has 1 aromatic carbocycles. The average Bonchev–Trinajstić information content (AvgIpc) is 2.40. The quantitative estimate of drug-likeness (QED) is 0.879. The summed E-state index contributed by atoms with van der Waals surface area (Å²) in [6.07, 6.45) is 0.916. The van der Waals surface area contributed by atoms with Crippen molar-refractivity contribution in [1.29, 1.82) is 0 Å². The van der Waals surface area contributed by atoms with Crippen molar-refractivity contribution in [2.24, 2.45) is 0 Å². The third kappa shape index (κ3) is 2.99. The number of hydrogen-bond donors (Lipinski definition) is 1. The van der Waals surface area contributed by atoms with Crippen LogP contribution in [0, 0.1) is 5.82 Å². The van der Waals surface area contributed by atoms with Crippen molar-refractivity contribution in [2.75, 3.05) is 0 Å². The lowest BCUT2D eigenvalue weighted by Gasteiger charge is -2.08. The molecule has 0 amide bonds. The number of hydrogen-bond acceptors (Lipinski definition) is 2. The summed E-state index contributed by atoms with van der Waals surface area (Å²) in [5, 5.41) is 0.0977. The third-order valence-corrected chi connectivity index (χ3v) is 3.44. The van der Waals surface area contributed by atoms with Crippen molar-refractivity contribution >= 4 is 11.6 Å². The van der Waals surface area contributed by atoms with Crippen molar-refractivity contribution in [3.63, 3.8) is 0 Å². The highest BCUT2D eigenvalue weighted by Gasteiger charge is 2.10. The molecule has 1 aromatic heterocycles. The molecule has 106 valence electrons. The van der Waals surface area contributed by atoms with Gasteiger partial charge in [0.15, 0.2) is 0 Å². The van der Waals surface area contributed by atoms with E-state index in [2.05, 4.69) is 4.98 Å². The number of aromatic amines is 1. The fourth-order valence-corrected chi connectivity index (χ4v) is 2.28. The molecule has 20 heavy (non-hydrogen) atoms. The molecule has 4 nitrogen and oxygen atoms in total. The summed E-state index contributed by atoms with van der Waals surface area (Å²) in [4.78, 5) is 26.3. The van der Waals surface area contributed by atoms with E-state index in [1.165, 1.54) is 12.1 Å². The summed E-state index contributed by atoms with van der Waals surface area (Å²) in [7, 11) is 0. The van der Waals surface area contributed by atoms with E-state index in [-0.39, 0.29) is 23.1 Å². The zero-order valence-corrected chi connectivity index (χ0v) is 11.7. The molecule has 0 spiro atoms. The van der Waals surface area contributed by atoms with Gasteiger partial charge in [0.2, 0.25) is 0 Å². The second kappa shape index (κ2) is 6.05. The number of benzene rings is 1. The zero-order chi connectivity index (χ0) is 14.7. The first kappa shape index (κ1) is 14.5. The highest BCUT2D eigenvalue weighted by molar-refractivity contribution is 6.30. The van der Waals surface area contributed by atoms with Crippen LogP contribution < -0.4 is 11.2 Å². The summed E-state index contributed by atoms with van der Waals surface area (Å²) in [5.74, 6) is -0.316. The number of aromatic nitrogens is 2. The van der Waals surface area contributed by atoms with Gasteiger partial charge in [-0.25, -0.2) is 9.18 Å². The van der Waals surface area contributed by atoms with Crippen molar-refractivity contribution < 1.29 is 4.39 Å². The van der Waals surface area contributed by atoms with Gasteiger partial charge < -0.3 is 0 Å². The first-order chi connectivity index (χ1) is 9.52. The van der Waals surface area contributed by atoms with Crippen LogP contribution in [0.1, 0.15) is 18.1 Å². The Morgan fingerprint density at radius 2 is 1.90 bits per heavy atom. The molecule has 0 atom stereocenters. The molecule has 0 saturated carbocycles. The summed E-state index contributed by atoms with van der Waals surface area (Å²) in [6, 6.07) is 5.96. The number of H-pyrrole nitrogens is 1. The van der Waals surface area contributed by atoms with E-state index in [1.807, 2.05) is 0 Å². The molecule has 0 saturated heterocycles. The molecule has 2 aromatic rings. The van der Waals surface area contributed by atoms with Crippen molar-refractivity contribution in [3.8, 4) is 0 Å². The second-order valence-electron chi connectivity index (χ2n) is 4.41. The summed E-state index contributed by atoms with van der Waals surface area (Å²) in [5.41, 5.74) is 0.346. The Balaban J connectivity index is 2.28. The minimum atomic E-state index is -0.528. The lowest BCUT2D eigenvalue weighted by molar-refractivity contribution is 0.613. The molecule has 0 aliphatic carbocycles. The number of halogens is 2. The maximum Gasteiger partial charge on any atom is 0.329 e. The van der Waals surface area contributed by atoms with Gasteiger partial charge in [0, 0.05) is 6.54 Å². The normalized spacial score (nSPS) is 10.8. The van der Waals surface area contributed by atoms with E-state index >= 15 is 0 Å². The Hall–Kier alpha value is -1.88. The van der Waals surface area contributed by atoms with Crippen LogP contribution in [-0.4, -0.2) is 9.55 Å². The number of nitrogens with one attached hydrogen (secondary N) is 1. The number of aryl methyl sites for hydroxylation is 1. The Morgan fingerprint density at radius 1 is 1.25 bits per heavy atom. The molecule has 0 bridgehead atoms. The van der Waals surface area contributed by atoms with Crippen LogP contribution >= 0.6 is 11.6 Å². The van der Waals surface area contributed by atoms with E-state index in [0.29, 0.717) is 18.4 Å². The standard InChI is InChI=1S/C14H14ClFN2O2/c1-2-11-12(15)17-14(20)18(13(11)19)8-7-9-3-5-10(16)6-4-9/h3-6H,2,7-8H2,1H3,(H,17,20).